The van der Waals surface area contributed by atoms with E-state index in [1.807, 2.05) is 0 Å². The summed E-state index contributed by atoms with van der Waals surface area (Å²) in [5, 5.41) is 9.86. The second-order valence-electron chi connectivity index (χ2n) is 8.98. The van der Waals surface area contributed by atoms with Gasteiger partial charge in [-0.25, -0.2) is 8.78 Å². The number of benzene rings is 1. The van der Waals surface area contributed by atoms with E-state index in [2.05, 4.69) is 15.5 Å². The lowest BCUT2D eigenvalue weighted by Crippen LogP contribution is -2.56. The van der Waals surface area contributed by atoms with Gasteiger partial charge in [0.05, 0.1) is 6.04 Å². The van der Waals surface area contributed by atoms with Gasteiger partial charge in [0, 0.05) is 42.5 Å². The van der Waals surface area contributed by atoms with Gasteiger partial charge in [0.15, 0.2) is 0 Å². The van der Waals surface area contributed by atoms with Crippen LogP contribution in [0.4, 0.5) is 17.6 Å². The number of nitrogens with one attached hydrogen (secondary N) is 1. The maximum absolute atomic E-state index is 13.2. The minimum absolute atomic E-state index is 0.0977. The molecule has 1 aromatic carbocycles. The Morgan fingerprint density at radius 3 is 2.64 bits per heavy atom. The van der Waals surface area contributed by atoms with Gasteiger partial charge in [-0.3, -0.25) is 9.59 Å². The summed E-state index contributed by atoms with van der Waals surface area (Å²) in [6, 6.07) is 4.35. The van der Waals surface area contributed by atoms with Gasteiger partial charge in [-0.05, 0) is 30.5 Å². The van der Waals surface area contributed by atoms with Crippen LogP contribution in [0.25, 0.3) is 11.5 Å². The molecule has 2 aliphatic carbocycles. The molecule has 0 radical (unpaired) electrons. The van der Waals surface area contributed by atoms with Gasteiger partial charge in [-0.15, -0.1) is 10.2 Å². The third-order valence-corrected chi connectivity index (χ3v) is 6.73. The van der Waals surface area contributed by atoms with Crippen molar-refractivity contribution in [3.8, 4) is 11.5 Å². The monoisotopic (exact) mass is 466 g/mol. The Labute approximate surface area is 186 Å². The van der Waals surface area contributed by atoms with E-state index < -0.39 is 37.0 Å². The molecule has 0 saturated heterocycles. The van der Waals surface area contributed by atoms with Crippen LogP contribution in [-0.4, -0.2) is 44.9 Å². The van der Waals surface area contributed by atoms with Crippen LogP contribution >= 0.6 is 0 Å². The smallest absolute Gasteiger partial charge is 0.314 e. The van der Waals surface area contributed by atoms with E-state index in [0.717, 1.165) is 18.4 Å². The number of carbonyl (C=O) groups is 2. The number of hydrogen-bond acceptors (Lipinski definition) is 5. The van der Waals surface area contributed by atoms with Gasteiger partial charge in [-0.2, -0.15) is 8.78 Å². The van der Waals surface area contributed by atoms with Crippen LogP contribution in [0, 0.1) is 5.92 Å². The molecule has 0 unspecified atom stereocenters. The van der Waals surface area contributed by atoms with E-state index in [1.165, 1.54) is 0 Å². The minimum Gasteiger partial charge on any atom is -0.415 e. The summed E-state index contributed by atoms with van der Waals surface area (Å²) >= 11 is 0. The van der Waals surface area contributed by atoms with Crippen LogP contribution in [0.5, 0.6) is 0 Å². The zero-order chi connectivity index (χ0) is 23.3. The van der Waals surface area contributed by atoms with Crippen molar-refractivity contribution in [1.82, 2.24) is 20.4 Å². The van der Waals surface area contributed by atoms with Crippen LogP contribution in [0.1, 0.15) is 66.8 Å². The maximum atomic E-state index is 13.2. The van der Waals surface area contributed by atoms with Gasteiger partial charge in [0.1, 0.15) is 0 Å². The lowest BCUT2D eigenvalue weighted by Gasteiger charge is -2.40. The zero-order valence-electron chi connectivity index (χ0n) is 17.6. The highest BCUT2D eigenvalue weighted by atomic mass is 19.3. The average Bonchev–Trinajstić information content (AvgIpc) is 3.38. The van der Waals surface area contributed by atoms with Crippen molar-refractivity contribution in [3.05, 3.63) is 35.2 Å². The SMILES string of the molecule is O=C(N[C@@H]1CCCC[C@H]1N1Cc2ccc(-c3nnc(C(F)F)o3)cc2C1=O)C1CC(F)(F)C1. The largest absolute Gasteiger partial charge is 0.415 e. The highest BCUT2D eigenvalue weighted by Gasteiger charge is 2.49. The number of hydrogen-bond donors (Lipinski definition) is 1. The summed E-state index contributed by atoms with van der Waals surface area (Å²) in [7, 11) is 0. The van der Waals surface area contributed by atoms with Crippen molar-refractivity contribution in [3.63, 3.8) is 0 Å². The third-order valence-electron chi connectivity index (χ3n) is 6.73. The Balaban J connectivity index is 1.32. The van der Waals surface area contributed by atoms with Crippen LogP contribution in [-0.2, 0) is 11.3 Å². The van der Waals surface area contributed by atoms with Gasteiger partial charge in [0.2, 0.25) is 17.7 Å². The van der Waals surface area contributed by atoms with Crippen molar-refractivity contribution < 1.29 is 31.6 Å². The fraction of sp³-hybridized carbons (Fsp3) is 0.545. The summed E-state index contributed by atoms with van der Waals surface area (Å²) in [5.41, 5.74) is 1.55. The summed E-state index contributed by atoms with van der Waals surface area (Å²) in [5.74, 6) is -4.96. The van der Waals surface area contributed by atoms with E-state index >= 15 is 0 Å². The molecule has 33 heavy (non-hydrogen) atoms. The van der Waals surface area contributed by atoms with Gasteiger partial charge >= 0.3 is 6.43 Å². The molecule has 2 saturated carbocycles. The number of fused-ring (bicyclic) bond motifs is 1. The molecule has 2 fully saturated rings. The van der Waals surface area contributed by atoms with E-state index in [0.29, 0.717) is 30.5 Å². The van der Waals surface area contributed by atoms with Crippen molar-refractivity contribution in [2.24, 2.45) is 5.92 Å². The van der Waals surface area contributed by atoms with Crippen molar-refractivity contribution >= 4 is 11.8 Å². The minimum atomic E-state index is -2.89. The molecule has 7 nitrogen and oxygen atoms in total. The van der Waals surface area contributed by atoms with Crippen molar-refractivity contribution in [2.75, 3.05) is 0 Å². The molecule has 3 aliphatic rings. The normalized spacial score (nSPS) is 24.6. The number of aromatic nitrogens is 2. The highest BCUT2D eigenvalue weighted by Crippen LogP contribution is 2.43. The molecule has 1 N–H and O–H groups in total. The first-order chi connectivity index (χ1) is 15.7. The molecule has 2 aromatic rings. The molecule has 11 heteroatoms. The summed E-state index contributed by atoms with van der Waals surface area (Å²) in [6.45, 7) is 0.346. The molecular formula is C22H22F4N4O3. The lowest BCUT2D eigenvalue weighted by molar-refractivity contribution is -0.151. The quantitative estimate of drug-likeness (QED) is 0.671. The fourth-order valence-corrected chi connectivity index (χ4v) is 4.96. The standard InChI is InChI=1S/C22H22F4N4O3/c23-17(24)20-29-28-19(33-20)11-5-6-12-10-30(21(32)14(12)7-11)16-4-2-1-3-15(16)27-18(31)13-8-22(25,26)9-13/h5-7,13,15-17H,1-4,8-10H2,(H,27,31)/t15-,16-/m1/s1. The second kappa shape index (κ2) is 8.11. The predicted molar refractivity (Wildman–Crippen MR) is 106 cm³/mol. The van der Waals surface area contributed by atoms with Gasteiger partial charge < -0.3 is 14.6 Å². The van der Waals surface area contributed by atoms with E-state index in [4.69, 9.17) is 4.42 Å². The Morgan fingerprint density at radius 1 is 1.18 bits per heavy atom. The van der Waals surface area contributed by atoms with Crippen molar-refractivity contribution in [1.29, 1.82) is 0 Å². The Morgan fingerprint density at radius 2 is 1.94 bits per heavy atom. The number of halogens is 4. The molecule has 1 aromatic heterocycles. The maximum Gasteiger partial charge on any atom is 0.314 e. The van der Waals surface area contributed by atoms with Crippen LogP contribution in [0.3, 0.4) is 0 Å². The first-order valence-electron chi connectivity index (χ1n) is 11.0. The van der Waals surface area contributed by atoms with Gasteiger partial charge in [-0.1, -0.05) is 18.9 Å². The summed E-state index contributed by atoms with van der Waals surface area (Å²) < 4.78 is 56.8. The second-order valence-corrected chi connectivity index (χ2v) is 8.98. The molecule has 2 amide bonds. The number of alkyl halides is 4. The van der Waals surface area contributed by atoms with E-state index in [1.54, 1.807) is 23.1 Å². The third kappa shape index (κ3) is 4.08. The summed E-state index contributed by atoms with van der Waals surface area (Å²) in [4.78, 5) is 27.4. The number of rotatable bonds is 5. The molecule has 176 valence electrons. The average molecular weight is 466 g/mol. The number of nitrogens with zero attached hydrogens (tertiary/aromatic N) is 3. The fourth-order valence-electron chi connectivity index (χ4n) is 4.96. The lowest BCUT2D eigenvalue weighted by atomic mass is 9.80. The topological polar surface area (TPSA) is 88.3 Å². The highest BCUT2D eigenvalue weighted by molar-refractivity contribution is 5.99. The van der Waals surface area contributed by atoms with Gasteiger partial charge in [0.25, 0.3) is 11.8 Å². The molecule has 5 rings (SSSR count). The predicted octanol–water partition coefficient (Wildman–Crippen LogP) is 4.10. The molecule has 2 heterocycles. The Hall–Kier alpha value is -2.98. The van der Waals surface area contributed by atoms with Crippen LogP contribution < -0.4 is 5.32 Å². The van der Waals surface area contributed by atoms with Crippen molar-refractivity contribution in [2.45, 2.75) is 69.5 Å². The molecule has 0 spiro atoms. The van der Waals surface area contributed by atoms with E-state index in [9.17, 15) is 27.2 Å². The van der Waals surface area contributed by atoms with Crippen LogP contribution in [0.15, 0.2) is 22.6 Å². The summed E-state index contributed by atoms with van der Waals surface area (Å²) in [6.07, 6.45) is -0.620. The molecular weight excluding hydrogens is 444 g/mol. The number of carbonyl (C=O) groups excluding carboxylic acids is 2. The Bertz CT molecular complexity index is 1080. The first-order valence-corrected chi connectivity index (χ1v) is 11.0. The molecule has 1 aliphatic heterocycles. The van der Waals surface area contributed by atoms with Crippen LogP contribution in [0.2, 0.25) is 0 Å². The molecule has 2 atom stereocenters. The molecule has 0 bridgehead atoms. The van der Waals surface area contributed by atoms with E-state index in [-0.39, 0.29) is 29.8 Å². The zero-order valence-corrected chi connectivity index (χ0v) is 17.6. The Kier molecular flexibility index (Phi) is 5.37. The number of amides is 2. The first kappa shape index (κ1) is 21.8.